The van der Waals surface area contributed by atoms with Gasteiger partial charge in [0.2, 0.25) is 0 Å². The Hall–Kier alpha value is 0.700. The Bertz CT molecular complexity index is 111. The zero-order chi connectivity index (χ0) is 10.3. The van der Waals surface area contributed by atoms with Gasteiger partial charge in [-0.1, -0.05) is 69.0 Å². The van der Waals surface area contributed by atoms with E-state index in [1.54, 1.807) is 0 Å². The van der Waals surface area contributed by atoms with Crippen LogP contribution in [0.2, 0.25) is 0 Å². The van der Waals surface area contributed by atoms with E-state index >= 15 is 0 Å². The monoisotopic (exact) mass is 220 g/mol. The Morgan fingerprint density at radius 2 is 1.46 bits per heavy atom. The molecule has 0 aliphatic rings. The second-order valence-electron chi connectivity index (χ2n) is 4.38. The van der Waals surface area contributed by atoms with Crippen LogP contribution >= 0.6 is 21.6 Å². The number of rotatable bonds is 7. The maximum atomic E-state index is 2.35. The largest absolute Gasteiger partial charge is 0.0910 e. The van der Waals surface area contributed by atoms with Crippen molar-refractivity contribution >= 4 is 21.6 Å². The van der Waals surface area contributed by atoms with E-state index < -0.39 is 0 Å². The molecule has 0 aromatic heterocycles. The highest BCUT2D eigenvalue weighted by Crippen LogP contribution is 2.32. The van der Waals surface area contributed by atoms with E-state index in [1.165, 1.54) is 19.3 Å². The van der Waals surface area contributed by atoms with Gasteiger partial charge in [0.15, 0.2) is 0 Å². The van der Waals surface area contributed by atoms with Crippen molar-refractivity contribution in [3.63, 3.8) is 0 Å². The summed E-state index contributed by atoms with van der Waals surface area (Å²) >= 11 is 0. The summed E-state index contributed by atoms with van der Waals surface area (Å²) in [5.74, 6) is 0.870. The van der Waals surface area contributed by atoms with Gasteiger partial charge in [-0.15, -0.1) is 0 Å². The van der Waals surface area contributed by atoms with E-state index in [2.05, 4.69) is 45.4 Å². The van der Waals surface area contributed by atoms with E-state index in [0.29, 0.717) is 0 Å². The summed E-state index contributed by atoms with van der Waals surface area (Å²) in [6, 6.07) is 0. The first-order valence-electron chi connectivity index (χ1n) is 5.34. The Kier molecular flexibility index (Phi) is 8.48. The molecule has 13 heavy (non-hydrogen) atoms. The number of hydrogen-bond acceptors (Lipinski definition) is 2. The van der Waals surface area contributed by atoms with Crippen LogP contribution in [0.15, 0.2) is 0 Å². The molecule has 0 N–H and O–H groups in total. The lowest BCUT2D eigenvalue weighted by atomic mass is 10.1. The minimum absolute atomic E-state index is 0.762. The van der Waals surface area contributed by atoms with Gasteiger partial charge in [-0.25, -0.2) is 0 Å². The SMILES string of the molecule is CC(C)CCCC(C)SSC(C)C. The van der Waals surface area contributed by atoms with E-state index in [1.807, 2.05) is 10.8 Å². The van der Waals surface area contributed by atoms with E-state index in [9.17, 15) is 0 Å². The predicted molar refractivity (Wildman–Crippen MR) is 68.5 cm³/mol. The third kappa shape index (κ3) is 10.6. The van der Waals surface area contributed by atoms with Crippen LogP contribution in [0.1, 0.15) is 53.9 Å². The molecule has 1 unspecified atom stereocenters. The molecule has 0 amide bonds. The second-order valence-corrected chi connectivity index (χ2v) is 7.66. The lowest BCUT2D eigenvalue weighted by Crippen LogP contribution is -1.97. The van der Waals surface area contributed by atoms with E-state index in [0.717, 1.165) is 16.4 Å². The first kappa shape index (κ1) is 13.7. The van der Waals surface area contributed by atoms with Crippen molar-refractivity contribution in [2.24, 2.45) is 5.92 Å². The topological polar surface area (TPSA) is 0 Å². The molecule has 0 nitrogen and oxygen atoms in total. The highest BCUT2D eigenvalue weighted by atomic mass is 33.1. The predicted octanol–water partition coefficient (Wildman–Crippen LogP) is 4.99. The van der Waals surface area contributed by atoms with Crippen molar-refractivity contribution < 1.29 is 0 Å². The molecule has 2 heteroatoms. The fourth-order valence-corrected chi connectivity index (χ4v) is 3.27. The summed E-state index contributed by atoms with van der Waals surface area (Å²) in [5.41, 5.74) is 0. The Morgan fingerprint density at radius 1 is 0.846 bits per heavy atom. The average Bonchev–Trinajstić information content (AvgIpc) is 2.00. The van der Waals surface area contributed by atoms with E-state index in [-0.39, 0.29) is 0 Å². The van der Waals surface area contributed by atoms with Crippen LogP contribution in [0.3, 0.4) is 0 Å². The molecule has 0 spiro atoms. The van der Waals surface area contributed by atoms with Crippen molar-refractivity contribution in [2.75, 3.05) is 0 Å². The maximum absolute atomic E-state index is 2.35. The summed E-state index contributed by atoms with van der Waals surface area (Å²) in [7, 11) is 4.07. The minimum Gasteiger partial charge on any atom is -0.0910 e. The zero-order valence-corrected chi connectivity index (χ0v) is 11.3. The molecule has 0 heterocycles. The summed E-state index contributed by atoms with van der Waals surface area (Å²) < 4.78 is 0. The van der Waals surface area contributed by atoms with Gasteiger partial charge in [0, 0.05) is 10.5 Å². The Morgan fingerprint density at radius 3 is 1.92 bits per heavy atom. The molecule has 0 radical (unpaired) electrons. The van der Waals surface area contributed by atoms with Gasteiger partial charge in [-0.2, -0.15) is 0 Å². The first-order chi connectivity index (χ1) is 6.02. The van der Waals surface area contributed by atoms with Crippen LogP contribution in [0.25, 0.3) is 0 Å². The van der Waals surface area contributed by atoms with Gasteiger partial charge in [0.25, 0.3) is 0 Å². The summed E-state index contributed by atoms with van der Waals surface area (Å²) in [5, 5.41) is 1.59. The molecule has 0 saturated heterocycles. The van der Waals surface area contributed by atoms with Gasteiger partial charge >= 0.3 is 0 Å². The van der Waals surface area contributed by atoms with Crippen molar-refractivity contribution in [1.82, 2.24) is 0 Å². The molecule has 0 saturated carbocycles. The standard InChI is InChI=1S/C11H24S2/c1-9(2)7-6-8-11(5)13-12-10(3)4/h9-11H,6-8H2,1-5H3. The normalized spacial score (nSPS) is 14.1. The van der Waals surface area contributed by atoms with Crippen LogP contribution in [0, 0.1) is 5.92 Å². The quantitative estimate of drug-likeness (QED) is 0.554. The highest BCUT2D eigenvalue weighted by molar-refractivity contribution is 8.77. The summed E-state index contributed by atoms with van der Waals surface area (Å²) in [6.07, 6.45) is 4.16. The summed E-state index contributed by atoms with van der Waals surface area (Å²) in [6.45, 7) is 11.5. The van der Waals surface area contributed by atoms with Gasteiger partial charge in [-0.3, -0.25) is 0 Å². The molecule has 0 fully saturated rings. The molecular formula is C11H24S2. The van der Waals surface area contributed by atoms with Crippen molar-refractivity contribution in [3.8, 4) is 0 Å². The lowest BCUT2D eigenvalue weighted by molar-refractivity contribution is 0.538. The third-order valence-corrected chi connectivity index (χ3v) is 5.34. The fourth-order valence-electron chi connectivity index (χ4n) is 1.07. The van der Waals surface area contributed by atoms with Gasteiger partial charge in [-0.05, 0) is 12.3 Å². The van der Waals surface area contributed by atoms with Crippen molar-refractivity contribution in [3.05, 3.63) is 0 Å². The molecule has 0 aromatic carbocycles. The van der Waals surface area contributed by atoms with Crippen molar-refractivity contribution in [1.29, 1.82) is 0 Å². The summed E-state index contributed by atoms with van der Waals surface area (Å²) in [4.78, 5) is 0. The van der Waals surface area contributed by atoms with Gasteiger partial charge in [0.1, 0.15) is 0 Å². The van der Waals surface area contributed by atoms with Crippen LogP contribution in [0.4, 0.5) is 0 Å². The third-order valence-electron chi connectivity index (χ3n) is 1.80. The highest BCUT2D eigenvalue weighted by Gasteiger charge is 2.05. The van der Waals surface area contributed by atoms with Gasteiger partial charge in [0.05, 0.1) is 0 Å². The molecule has 1 atom stereocenters. The van der Waals surface area contributed by atoms with Crippen LogP contribution in [0.5, 0.6) is 0 Å². The van der Waals surface area contributed by atoms with Gasteiger partial charge < -0.3 is 0 Å². The van der Waals surface area contributed by atoms with E-state index in [4.69, 9.17) is 0 Å². The van der Waals surface area contributed by atoms with Crippen molar-refractivity contribution in [2.45, 2.75) is 64.4 Å². The number of hydrogen-bond donors (Lipinski definition) is 0. The maximum Gasteiger partial charge on any atom is 0.0123 e. The average molecular weight is 220 g/mol. The molecule has 0 aliphatic heterocycles. The molecular weight excluding hydrogens is 196 g/mol. The molecule has 80 valence electrons. The molecule has 0 rings (SSSR count). The first-order valence-corrected chi connectivity index (χ1v) is 7.62. The lowest BCUT2D eigenvalue weighted by Gasteiger charge is -2.12. The van der Waals surface area contributed by atoms with Crippen LogP contribution in [-0.2, 0) is 0 Å². The van der Waals surface area contributed by atoms with Crippen LogP contribution in [-0.4, -0.2) is 10.5 Å². The molecule has 0 aliphatic carbocycles. The Labute approximate surface area is 92.0 Å². The molecule has 0 aromatic rings. The zero-order valence-electron chi connectivity index (χ0n) is 9.67. The molecule has 0 bridgehead atoms. The van der Waals surface area contributed by atoms with Crippen LogP contribution < -0.4 is 0 Å². The minimum atomic E-state index is 0.762. The smallest absolute Gasteiger partial charge is 0.0123 e. The Balaban J connectivity index is 3.25. The second kappa shape index (κ2) is 8.05. The fraction of sp³-hybridized carbons (Fsp3) is 1.00.